The van der Waals surface area contributed by atoms with Crippen molar-refractivity contribution in [1.82, 2.24) is 0 Å². The highest BCUT2D eigenvalue weighted by molar-refractivity contribution is 6.33. The molecule has 0 N–H and O–H groups in total. The maximum atomic E-state index is 11.7. The maximum absolute atomic E-state index is 11.7. The van der Waals surface area contributed by atoms with Crippen LogP contribution in [0.5, 0.6) is 0 Å². The Kier molecular flexibility index (Phi) is 3.88. The summed E-state index contributed by atoms with van der Waals surface area (Å²) in [7, 11) is 0. The van der Waals surface area contributed by atoms with E-state index in [4.69, 9.17) is 16.9 Å². The third kappa shape index (κ3) is 2.49. The molecule has 1 aromatic carbocycles. The molecule has 94 valence electrons. The molecular formula is C14H15ClN2O. The van der Waals surface area contributed by atoms with E-state index in [2.05, 4.69) is 11.0 Å². The van der Waals surface area contributed by atoms with Crippen LogP contribution in [0.4, 0.5) is 5.69 Å². The van der Waals surface area contributed by atoms with Crippen molar-refractivity contribution < 1.29 is 4.79 Å². The number of benzene rings is 1. The molecule has 0 amide bonds. The first-order valence-corrected chi connectivity index (χ1v) is 6.48. The minimum atomic E-state index is -0.0795. The number of Topliss-reactive ketones (excluding diaryl/α,β-unsaturated/α-hetero) is 1. The van der Waals surface area contributed by atoms with E-state index in [0.717, 1.165) is 31.5 Å². The molecule has 1 atom stereocenters. The van der Waals surface area contributed by atoms with Crippen molar-refractivity contribution in [1.29, 1.82) is 5.26 Å². The van der Waals surface area contributed by atoms with Crippen LogP contribution in [0.25, 0.3) is 0 Å². The maximum Gasteiger partial charge on any atom is 0.152 e. The first-order chi connectivity index (χ1) is 8.63. The molecule has 0 spiro atoms. The van der Waals surface area contributed by atoms with Crippen LogP contribution in [0.1, 0.15) is 31.7 Å². The van der Waals surface area contributed by atoms with E-state index in [-0.39, 0.29) is 11.8 Å². The van der Waals surface area contributed by atoms with Crippen LogP contribution in [-0.2, 0) is 4.79 Å². The SMILES string of the molecule is CC(=O)C1CCCCN1c1ccc(C#N)cc1Cl. The average Bonchev–Trinajstić information content (AvgIpc) is 2.38. The second-order valence-electron chi connectivity index (χ2n) is 4.59. The van der Waals surface area contributed by atoms with E-state index in [1.165, 1.54) is 0 Å². The molecule has 0 radical (unpaired) electrons. The number of piperidine rings is 1. The molecule has 1 unspecified atom stereocenters. The summed E-state index contributed by atoms with van der Waals surface area (Å²) in [6, 6.07) is 7.22. The van der Waals surface area contributed by atoms with Crippen LogP contribution in [0.2, 0.25) is 5.02 Å². The van der Waals surface area contributed by atoms with Crippen LogP contribution >= 0.6 is 11.6 Å². The van der Waals surface area contributed by atoms with E-state index in [0.29, 0.717) is 10.6 Å². The lowest BCUT2D eigenvalue weighted by Gasteiger charge is -2.36. The number of hydrogen-bond acceptors (Lipinski definition) is 3. The Morgan fingerprint density at radius 3 is 2.89 bits per heavy atom. The number of ketones is 1. The van der Waals surface area contributed by atoms with Crippen LogP contribution in [-0.4, -0.2) is 18.4 Å². The molecule has 1 aromatic rings. The molecule has 3 nitrogen and oxygen atoms in total. The summed E-state index contributed by atoms with van der Waals surface area (Å²) in [5.74, 6) is 0.176. The molecule has 0 aromatic heterocycles. The Bertz CT molecular complexity index is 507. The van der Waals surface area contributed by atoms with Crippen molar-refractivity contribution in [2.24, 2.45) is 0 Å². The van der Waals surface area contributed by atoms with E-state index < -0.39 is 0 Å². The molecule has 1 aliphatic rings. The summed E-state index contributed by atoms with van der Waals surface area (Å²) in [6.07, 6.45) is 3.03. The minimum absolute atomic E-state index is 0.0795. The lowest BCUT2D eigenvalue weighted by atomic mass is 9.98. The second-order valence-corrected chi connectivity index (χ2v) is 5.00. The van der Waals surface area contributed by atoms with Crippen molar-refractivity contribution >= 4 is 23.1 Å². The Balaban J connectivity index is 2.34. The number of rotatable bonds is 2. The molecule has 1 fully saturated rings. The Labute approximate surface area is 112 Å². The first-order valence-electron chi connectivity index (χ1n) is 6.10. The largest absolute Gasteiger partial charge is 0.360 e. The highest BCUT2D eigenvalue weighted by atomic mass is 35.5. The predicted octanol–water partition coefficient (Wildman–Crippen LogP) is 3.16. The van der Waals surface area contributed by atoms with Gasteiger partial charge in [0.05, 0.1) is 28.4 Å². The van der Waals surface area contributed by atoms with Gasteiger partial charge in [0.2, 0.25) is 0 Å². The Hall–Kier alpha value is -1.53. The molecule has 1 aliphatic heterocycles. The number of nitrogens with zero attached hydrogens (tertiary/aromatic N) is 2. The first kappa shape index (κ1) is 12.9. The fourth-order valence-electron chi connectivity index (χ4n) is 2.45. The fourth-order valence-corrected chi connectivity index (χ4v) is 2.74. The molecule has 4 heteroatoms. The van der Waals surface area contributed by atoms with Gasteiger partial charge in [-0.25, -0.2) is 0 Å². The molecule has 0 bridgehead atoms. The van der Waals surface area contributed by atoms with Gasteiger partial charge < -0.3 is 4.90 Å². The number of halogens is 1. The molecule has 1 saturated heterocycles. The van der Waals surface area contributed by atoms with E-state index in [9.17, 15) is 4.79 Å². The van der Waals surface area contributed by atoms with Gasteiger partial charge in [0.25, 0.3) is 0 Å². The standard InChI is InChI=1S/C14H15ClN2O/c1-10(18)13-4-2-3-7-17(13)14-6-5-11(9-16)8-12(14)15/h5-6,8,13H,2-4,7H2,1H3. The number of hydrogen-bond donors (Lipinski definition) is 0. The average molecular weight is 263 g/mol. The quantitative estimate of drug-likeness (QED) is 0.822. The van der Waals surface area contributed by atoms with Crippen molar-refractivity contribution in [3.8, 4) is 6.07 Å². The highest BCUT2D eigenvalue weighted by Crippen LogP contribution is 2.32. The predicted molar refractivity (Wildman–Crippen MR) is 71.8 cm³/mol. The third-order valence-electron chi connectivity index (χ3n) is 3.36. The zero-order valence-corrected chi connectivity index (χ0v) is 11.1. The molecule has 0 aliphatic carbocycles. The van der Waals surface area contributed by atoms with Crippen molar-refractivity contribution in [2.75, 3.05) is 11.4 Å². The van der Waals surface area contributed by atoms with Crippen molar-refractivity contribution in [2.45, 2.75) is 32.2 Å². The number of carbonyl (C=O) groups is 1. The van der Waals surface area contributed by atoms with Gasteiger partial charge in [0.15, 0.2) is 5.78 Å². The normalized spacial score (nSPS) is 19.4. The summed E-state index contributed by atoms with van der Waals surface area (Å²) in [4.78, 5) is 13.7. The van der Waals surface area contributed by atoms with E-state index in [1.54, 1.807) is 19.1 Å². The van der Waals surface area contributed by atoms with Gasteiger partial charge in [-0.05, 0) is 44.4 Å². The summed E-state index contributed by atoms with van der Waals surface area (Å²) >= 11 is 6.21. The molecule has 1 heterocycles. The topological polar surface area (TPSA) is 44.1 Å². The summed E-state index contributed by atoms with van der Waals surface area (Å²) < 4.78 is 0. The summed E-state index contributed by atoms with van der Waals surface area (Å²) in [5, 5.41) is 9.37. The van der Waals surface area contributed by atoms with Gasteiger partial charge in [-0.1, -0.05) is 11.6 Å². The van der Waals surface area contributed by atoms with Crippen LogP contribution in [0.15, 0.2) is 18.2 Å². The van der Waals surface area contributed by atoms with Gasteiger partial charge in [-0.2, -0.15) is 5.26 Å². The van der Waals surface area contributed by atoms with Crippen LogP contribution < -0.4 is 4.90 Å². The van der Waals surface area contributed by atoms with Gasteiger partial charge in [0.1, 0.15) is 0 Å². The van der Waals surface area contributed by atoms with Crippen molar-refractivity contribution in [3.05, 3.63) is 28.8 Å². The van der Waals surface area contributed by atoms with Crippen LogP contribution in [0, 0.1) is 11.3 Å². The lowest BCUT2D eigenvalue weighted by Crippen LogP contribution is -2.44. The van der Waals surface area contributed by atoms with Crippen LogP contribution in [0.3, 0.4) is 0 Å². The molecule has 18 heavy (non-hydrogen) atoms. The zero-order valence-electron chi connectivity index (χ0n) is 10.3. The Morgan fingerprint density at radius 2 is 2.28 bits per heavy atom. The second kappa shape index (κ2) is 5.41. The summed E-state index contributed by atoms with van der Waals surface area (Å²) in [6.45, 7) is 2.47. The molecular weight excluding hydrogens is 248 g/mol. The van der Waals surface area contributed by atoms with E-state index in [1.807, 2.05) is 6.07 Å². The Morgan fingerprint density at radius 1 is 1.50 bits per heavy atom. The zero-order chi connectivity index (χ0) is 13.1. The number of carbonyl (C=O) groups excluding carboxylic acids is 1. The van der Waals surface area contributed by atoms with Gasteiger partial charge in [0, 0.05) is 6.54 Å². The lowest BCUT2D eigenvalue weighted by molar-refractivity contribution is -0.118. The van der Waals surface area contributed by atoms with E-state index >= 15 is 0 Å². The third-order valence-corrected chi connectivity index (χ3v) is 3.66. The summed E-state index contributed by atoms with van der Waals surface area (Å²) in [5.41, 5.74) is 1.40. The van der Waals surface area contributed by atoms with Gasteiger partial charge in [-0.3, -0.25) is 4.79 Å². The number of anilines is 1. The van der Waals surface area contributed by atoms with Gasteiger partial charge >= 0.3 is 0 Å². The fraction of sp³-hybridized carbons (Fsp3) is 0.429. The van der Waals surface area contributed by atoms with Gasteiger partial charge in [-0.15, -0.1) is 0 Å². The minimum Gasteiger partial charge on any atom is -0.360 e. The molecule has 2 rings (SSSR count). The monoisotopic (exact) mass is 262 g/mol. The molecule has 0 saturated carbocycles. The smallest absolute Gasteiger partial charge is 0.152 e. The van der Waals surface area contributed by atoms with Crippen molar-refractivity contribution in [3.63, 3.8) is 0 Å². The highest BCUT2D eigenvalue weighted by Gasteiger charge is 2.27. The number of nitriles is 1.